The number of hydrogen-bond acceptors (Lipinski definition) is 2. The largest absolute Gasteiger partial charge is 0.457 e. The molecule has 0 fully saturated rings. The zero-order chi connectivity index (χ0) is 16.6. The third kappa shape index (κ3) is 2.33. The molecule has 1 atom stereocenters. The van der Waals surface area contributed by atoms with Crippen LogP contribution in [0.1, 0.15) is 11.3 Å². The second kappa shape index (κ2) is 5.28. The van der Waals surface area contributed by atoms with Crippen LogP contribution >= 0.6 is 0 Å². The van der Waals surface area contributed by atoms with Gasteiger partial charge in [-0.15, -0.1) is 0 Å². The van der Waals surface area contributed by atoms with Crippen molar-refractivity contribution in [3.63, 3.8) is 0 Å². The summed E-state index contributed by atoms with van der Waals surface area (Å²) in [6, 6.07) is 6.62. The second-order valence-electron chi connectivity index (χ2n) is 4.48. The van der Waals surface area contributed by atoms with Crippen molar-refractivity contribution in [1.29, 1.82) is 0 Å². The van der Waals surface area contributed by atoms with Gasteiger partial charge < -0.3 is 5.11 Å². The van der Waals surface area contributed by atoms with E-state index in [4.69, 9.17) is 0 Å². The lowest BCUT2D eigenvalue weighted by molar-refractivity contribution is -0.337. The van der Waals surface area contributed by atoms with Gasteiger partial charge in [-0.3, -0.25) is 4.98 Å². The van der Waals surface area contributed by atoms with E-state index in [0.29, 0.717) is 12.1 Å². The van der Waals surface area contributed by atoms with Crippen LogP contribution in [0.4, 0.5) is 26.3 Å². The minimum atomic E-state index is -6.11. The van der Waals surface area contributed by atoms with Gasteiger partial charge in [0.15, 0.2) is 0 Å². The van der Waals surface area contributed by atoms with Crippen molar-refractivity contribution >= 4 is 0 Å². The van der Waals surface area contributed by atoms with Crippen LogP contribution in [-0.2, 0) is 5.60 Å². The molecule has 1 heterocycles. The average molecular weight is 321 g/mol. The minimum Gasteiger partial charge on any atom is -0.373 e. The van der Waals surface area contributed by atoms with Gasteiger partial charge in [0.1, 0.15) is 5.82 Å². The molecule has 1 aromatic heterocycles. The van der Waals surface area contributed by atoms with Crippen LogP contribution in [-0.4, -0.2) is 22.2 Å². The van der Waals surface area contributed by atoms with Gasteiger partial charge >= 0.3 is 12.1 Å². The predicted molar refractivity (Wildman–Crippen MR) is 64.6 cm³/mol. The van der Waals surface area contributed by atoms with E-state index in [1.54, 1.807) is 0 Å². The predicted octanol–water partition coefficient (Wildman–Crippen LogP) is 3.65. The van der Waals surface area contributed by atoms with Gasteiger partial charge in [-0.2, -0.15) is 22.0 Å². The maximum absolute atomic E-state index is 13.9. The summed E-state index contributed by atoms with van der Waals surface area (Å²) in [5.74, 6) is -7.06. The van der Waals surface area contributed by atoms with Crippen LogP contribution < -0.4 is 0 Å². The van der Waals surface area contributed by atoms with Gasteiger partial charge in [0.2, 0.25) is 5.60 Å². The Bertz CT molecular complexity index is 658. The Morgan fingerprint density at radius 2 is 1.45 bits per heavy atom. The van der Waals surface area contributed by atoms with Gasteiger partial charge in [-0.05, 0) is 18.2 Å². The standard InChI is InChI=1S/C14H9F6NO/c15-10-6-2-1-5-9(10)12(22,11-7-3-4-8-21-11)13(16,17)14(18,19)20/h1-8,22H. The van der Waals surface area contributed by atoms with Gasteiger partial charge in [-0.25, -0.2) is 4.39 Å². The third-order valence-electron chi connectivity index (χ3n) is 3.11. The van der Waals surface area contributed by atoms with Crippen molar-refractivity contribution in [2.75, 3.05) is 0 Å². The Balaban J connectivity index is 2.80. The highest BCUT2D eigenvalue weighted by atomic mass is 19.4. The molecule has 0 aliphatic carbocycles. The van der Waals surface area contributed by atoms with E-state index in [0.717, 1.165) is 30.5 Å². The monoisotopic (exact) mass is 321 g/mol. The molecule has 0 aliphatic heterocycles. The van der Waals surface area contributed by atoms with E-state index in [-0.39, 0.29) is 0 Å². The first-order chi connectivity index (χ1) is 10.1. The summed E-state index contributed by atoms with van der Waals surface area (Å²) >= 11 is 0. The molecule has 22 heavy (non-hydrogen) atoms. The lowest BCUT2D eigenvalue weighted by atomic mass is 9.83. The first-order valence-corrected chi connectivity index (χ1v) is 5.96. The number of aliphatic hydroxyl groups is 1. The number of pyridine rings is 1. The van der Waals surface area contributed by atoms with Crippen LogP contribution in [0.3, 0.4) is 0 Å². The van der Waals surface area contributed by atoms with E-state index in [1.165, 1.54) is 6.07 Å². The average Bonchev–Trinajstić information content (AvgIpc) is 2.46. The molecule has 0 aliphatic rings. The summed E-state index contributed by atoms with van der Waals surface area (Å²) in [7, 11) is 0. The Hall–Kier alpha value is -2.09. The summed E-state index contributed by atoms with van der Waals surface area (Å²) < 4.78 is 80.0. The summed E-state index contributed by atoms with van der Waals surface area (Å²) in [5.41, 5.74) is -6.21. The van der Waals surface area contributed by atoms with E-state index >= 15 is 0 Å². The molecule has 2 nitrogen and oxygen atoms in total. The fraction of sp³-hybridized carbons (Fsp3) is 0.214. The lowest BCUT2D eigenvalue weighted by Crippen LogP contribution is -2.56. The number of hydrogen-bond donors (Lipinski definition) is 1. The van der Waals surface area contributed by atoms with Crippen molar-refractivity contribution in [1.82, 2.24) is 4.98 Å². The number of aromatic nitrogens is 1. The van der Waals surface area contributed by atoms with Crippen LogP contribution in [0.5, 0.6) is 0 Å². The van der Waals surface area contributed by atoms with E-state index < -0.39 is 34.8 Å². The quantitative estimate of drug-likeness (QED) is 0.875. The van der Waals surface area contributed by atoms with Crippen molar-refractivity contribution < 1.29 is 31.4 Å². The summed E-state index contributed by atoms with van der Waals surface area (Å²) in [6.07, 6.45) is -5.19. The topological polar surface area (TPSA) is 33.1 Å². The van der Waals surface area contributed by atoms with E-state index in [1.807, 2.05) is 0 Å². The molecule has 0 amide bonds. The number of alkyl halides is 5. The molecule has 0 saturated heterocycles. The Morgan fingerprint density at radius 1 is 0.864 bits per heavy atom. The minimum absolute atomic E-state index is 0.656. The highest BCUT2D eigenvalue weighted by Gasteiger charge is 2.72. The molecule has 0 spiro atoms. The molecule has 2 rings (SSSR count). The van der Waals surface area contributed by atoms with Gasteiger partial charge in [0, 0.05) is 11.8 Å². The van der Waals surface area contributed by atoms with Gasteiger partial charge in [-0.1, -0.05) is 24.3 Å². The fourth-order valence-corrected chi connectivity index (χ4v) is 2.00. The van der Waals surface area contributed by atoms with Crippen molar-refractivity contribution in [2.24, 2.45) is 0 Å². The van der Waals surface area contributed by atoms with E-state index in [2.05, 4.69) is 4.98 Å². The zero-order valence-electron chi connectivity index (χ0n) is 10.8. The molecule has 8 heteroatoms. The number of nitrogens with zero attached hydrogens (tertiary/aromatic N) is 1. The van der Waals surface area contributed by atoms with Crippen molar-refractivity contribution in [2.45, 2.75) is 17.7 Å². The molecule has 0 saturated carbocycles. The molecule has 0 bridgehead atoms. The second-order valence-corrected chi connectivity index (χ2v) is 4.48. The molecule has 1 N–H and O–H groups in total. The number of halogens is 6. The van der Waals surface area contributed by atoms with Crippen LogP contribution in [0.15, 0.2) is 48.7 Å². The number of rotatable bonds is 3. The highest BCUT2D eigenvalue weighted by molar-refractivity contribution is 5.37. The molecule has 1 aromatic carbocycles. The Labute approximate surface area is 121 Å². The molecule has 0 radical (unpaired) electrons. The normalized spacial score (nSPS) is 15.4. The summed E-state index contributed by atoms with van der Waals surface area (Å²) in [4.78, 5) is 3.35. The van der Waals surface area contributed by atoms with E-state index in [9.17, 15) is 31.4 Å². The van der Waals surface area contributed by atoms with Crippen molar-refractivity contribution in [3.8, 4) is 0 Å². The first-order valence-electron chi connectivity index (χ1n) is 5.96. The smallest absolute Gasteiger partial charge is 0.373 e. The first kappa shape index (κ1) is 16.3. The molecular formula is C14H9F6NO. The highest BCUT2D eigenvalue weighted by Crippen LogP contribution is 2.51. The zero-order valence-corrected chi connectivity index (χ0v) is 10.8. The third-order valence-corrected chi connectivity index (χ3v) is 3.11. The summed E-state index contributed by atoms with van der Waals surface area (Å²) in [5, 5.41) is 10.2. The van der Waals surface area contributed by atoms with Crippen molar-refractivity contribution in [3.05, 3.63) is 65.7 Å². The molecular weight excluding hydrogens is 312 g/mol. The fourth-order valence-electron chi connectivity index (χ4n) is 2.00. The van der Waals surface area contributed by atoms with Gasteiger partial charge in [0.05, 0.1) is 5.69 Å². The summed E-state index contributed by atoms with van der Waals surface area (Å²) in [6.45, 7) is 0. The molecule has 1 unspecified atom stereocenters. The van der Waals surface area contributed by atoms with Gasteiger partial charge in [0.25, 0.3) is 0 Å². The molecule has 2 aromatic rings. The van der Waals surface area contributed by atoms with Crippen LogP contribution in [0.2, 0.25) is 0 Å². The maximum atomic E-state index is 13.9. The SMILES string of the molecule is OC(c1ccccn1)(c1ccccc1F)C(F)(F)C(F)(F)F. The van der Waals surface area contributed by atoms with Crippen LogP contribution in [0.25, 0.3) is 0 Å². The van der Waals surface area contributed by atoms with Crippen LogP contribution in [0, 0.1) is 5.82 Å². The lowest BCUT2D eigenvalue weighted by Gasteiger charge is -2.36. The maximum Gasteiger partial charge on any atom is 0.457 e. The molecule has 118 valence electrons. The number of benzene rings is 1. The Kier molecular flexibility index (Phi) is 3.90. The Morgan fingerprint density at radius 3 is 1.95 bits per heavy atom.